The summed E-state index contributed by atoms with van der Waals surface area (Å²) in [6.07, 6.45) is 6.63. The third kappa shape index (κ3) is 4.66. The number of aryl methyl sites for hydroxylation is 1. The van der Waals surface area contributed by atoms with E-state index in [1.54, 1.807) is 0 Å². The number of furan rings is 1. The van der Waals surface area contributed by atoms with Crippen molar-refractivity contribution in [3.05, 3.63) is 58.0 Å². The van der Waals surface area contributed by atoms with E-state index >= 15 is 0 Å². The van der Waals surface area contributed by atoms with Crippen molar-refractivity contribution in [3.63, 3.8) is 0 Å². The van der Waals surface area contributed by atoms with Gasteiger partial charge >= 0.3 is 0 Å². The molecular formula is C28H40N2O2. The van der Waals surface area contributed by atoms with Gasteiger partial charge in [0.1, 0.15) is 5.76 Å². The highest BCUT2D eigenvalue weighted by molar-refractivity contribution is 5.91. The topological polar surface area (TPSA) is 45.5 Å². The summed E-state index contributed by atoms with van der Waals surface area (Å²) in [6, 6.07) is 9.14. The fourth-order valence-electron chi connectivity index (χ4n) is 5.52. The maximum absolute atomic E-state index is 12.6. The monoisotopic (exact) mass is 436 g/mol. The Kier molecular flexibility index (Phi) is 6.28. The lowest BCUT2D eigenvalue weighted by molar-refractivity contribution is 0.0921. The Labute approximate surface area is 193 Å². The highest BCUT2D eigenvalue weighted by atomic mass is 16.3. The summed E-state index contributed by atoms with van der Waals surface area (Å²) in [5.74, 6) is 1.15. The van der Waals surface area contributed by atoms with E-state index in [2.05, 4.69) is 64.0 Å². The summed E-state index contributed by atoms with van der Waals surface area (Å²) in [7, 11) is 2.17. The Hall–Kier alpha value is -2.07. The number of hydrogen-bond donors (Lipinski definition) is 1. The maximum Gasteiger partial charge on any atom is 0.286 e. The molecular weight excluding hydrogens is 396 g/mol. The average Bonchev–Trinajstić information content (AvgIpc) is 3.36. The molecule has 1 aromatic carbocycles. The van der Waals surface area contributed by atoms with Crippen molar-refractivity contribution in [3.8, 4) is 0 Å². The minimum Gasteiger partial charge on any atom is -0.456 e. The van der Waals surface area contributed by atoms with Gasteiger partial charge in [-0.05, 0) is 97.8 Å². The first kappa shape index (κ1) is 23.1. The van der Waals surface area contributed by atoms with E-state index < -0.39 is 0 Å². The van der Waals surface area contributed by atoms with Crippen LogP contribution in [0.1, 0.15) is 98.4 Å². The van der Waals surface area contributed by atoms with Crippen LogP contribution in [0.15, 0.2) is 28.7 Å². The van der Waals surface area contributed by atoms with Gasteiger partial charge in [-0.1, -0.05) is 39.8 Å². The first-order valence-corrected chi connectivity index (χ1v) is 12.3. The van der Waals surface area contributed by atoms with Crippen LogP contribution < -0.4 is 5.32 Å². The summed E-state index contributed by atoms with van der Waals surface area (Å²) in [4.78, 5) is 15.0. The molecule has 1 atom stereocenters. The van der Waals surface area contributed by atoms with Crippen molar-refractivity contribution in [2.45, 2.75) is 90.0 Å². The summed E-state index contributed by atoms with van der Waals surface area (Å²) in [5.41, 5.74) is 5.96. The minimum atomic E-state index is -0.109. The first-order chi connectivity index (χ1) is 15.1. The number of fused-ring (bicyclic) bond motifs is 1. The van der Waals surface area contributed by atoms with Crippen LogP contribution in [0.2, 0.25) is 0 Å². The fraction of sp³-hybridized carbons (Fsp3) is 0.607. The zero-order valence-electron chi connectivity index (χ0n) is 20.8. The molecule has 0 spiro atoms. The molecule has 4 nitrogen and oxygen atoms in total. The van der Waals surface area contributed by atoms with Gasteiger partial charge in [-0.15, -0.1) is 0 Å². The van der Waals surface area contributed by atoms with Gasteiger partial charge in [0.25, 0.3) is 5.91 Å². The molecule has 1 saturated heterocycles. The van der Waals surface area contributed by atoms with Gasteiger partial charge in [-0.25, -0.2) is 0 Å². The van der Waals surface area contributed by atoms with E-state index in [0.29, 0.717) is 18.3 Å². The molecule has 0 saturated carbocycles. The third-order valence-electron chi connectivity index (χ3n) is 7.99. The van der Waals surface area contributed by atoms with Crippen LogP contribution in [0.4, 0.5) is 0 Å². The number of likely N-dealkylation sites (tertiary alicyclic amines) is 1. The summed E-state index contributed by atoms with van der Waals surface area (Å²) in [6.45, 7) is 13.5. The maximum atomic E-state index is 12.6. The SMILES string of the molecule is Cc1cc2c(cc1Cc1ccc(C(=O)NCCC3CCCN3C)o1)C(C)(C)CCC2(C)C. The molecule has 0 radical (unpaired) electrons. The molecule has 1 fully saturated rings. The number of carbonyl (C=O) groups excluding carboxylic acids is 1. The molecule has 1 aliphatic carbocycles. The minimum absolute atomic E-state index is 0.109. The molecule has 1 aliphatic heterocycles. The normalized spacial score (nSPS) is 22.0. The molecule has 174 valence electrons. The van der Waals surface area contributed by atoms with E-state index in [-0.39, 0.29) is 16.7 Å². The molecule has 1 unspecified atom stereocenters. The summed E-state index contributed by atoms with van der Waals surface area (Å²) in [5, 5.41) is 3.04. The average molecular weight is 437 g/mol. The number of nitrogens with zero attached hydrogens (tertiary/aromatic N) is 1. The number of amides is 1. The second kappa shape index (κ2) is 8.70. The van der Waals surface area contributed by atoms with E-state index in [4.69, 9.17) is 4.42 Å². The Balaban J connectivity index is 1.44. The lowest BCUT2D eigenvalue weighted by atomic mass is 9.62. The molecule has 32 heavy (non-hydrogen) atoms. The number of rotatable bonds is 6. The van der Waals surface area contributed by atoms with E-state index in [9.17, 15) is 4.79 Å². The fourth-order valence-corrected chi connectivity index (χ4v) is 5.52. The van der Waals surface area contributed by atoms with Crippen LogP contribution >= 0.6 is 0 Å². The highest BCUT2D eigenvalue weighted by Gasteiger charge is 2.37. The standard InChI is InChI=1S/C28H40N2O2/c1-19-16-23-24(28(4,5)13-12-27(23,2)3)18-20(19)17-22-9-10-25(32-22)26(31)29-14-11-21-8-7-15-30(21)6/h9-10,16,18,21H,7-8,11-15,17H2,1-6H3,(H,29,31). The van der Waals surface area contributed by atoms with Crippen LogP contribution in [-0.4, -0.2) is 37.0 Å². The van der Waals surface area contributed by atoms with Crippen LogP contribution in [0.25, 0.3) is 0 Å². The predicted octanol–water partition coefficient (Wildman–Crippen LogP) is 5.74. The van der Waals surface area contributed by atoms with Crippen molar-refractivity contribution >= 4 is 5.91 Å². The Morgan fingerprint density at radius 2 is 1.81 bits per heavy atom. The van der Waals surface area contributed by atoms with E-state index in [0.717, 1.165) is 25.1 Å². The quantitative estimate of drug-likeness (QED) is 0.628. The Bertz CT molecular complexity index is 985. The highest BCUT2D eigenvalue weighted by Crippen LogP contribution is 2.46. The predicted molar refractivity (Wildman–Crippen MR) is 131 cm³/mol. The van der Waals surface area contributed by atoms with Gasteiger partial charge in [0, 0.05) is 19.0 Å². The van der Waals surface area contributed by atoms with Gasteiger partial charge < -0.3 is 14.6 Å². The molecule has 4 rings (SSSR count). The Morgan fingerprint density at radius 3 is 2.47 bits per heavy atom. The van der Waals surface area contributed by atoms with E-state index in [1.165, 1.54) is 47.9 Å². The van der Waals surface area contributed by atoms with Gasteiger partial charge in [0.2, 0.25) is 0 Å². The van der Waals surface area contributed by atoms with Crippen molar-refractivity contribution in [2.24, 2.45) is 0 Å². The molecule has 4 heteroatoms. The lowest BCUT2D eigenvalue weighted by Crippen LogP contribution is -2.34. The van der Waals surface area contributed by atoms with Crippen LogP contribution in [-0.2, 0) is 17.3 Å². The zero-order chi connectivity index (χ0) is 23.1. The Morgan fingerprint density at radius 1 is 1.12 bits per heavy atom. The number of hydrogen-bond acceptors (Lipinski definition) is 3. The first-order valence-electron chi connectivity index (χ1n) is 12.3. The van der Waals surface area contributed by atoms with Crippen molar-refractivity contribution < 1.29 is 9.21 Å². The van der Waals surface area contributed by atoms with Gasteiger partial charge in [-0.2, -0.15) is 0 Å². The van der Waals surface area contributed by atoms with Gasteiger partial charge in [0.15, 0.2) is 5.76 Å². The lowest BCUT2D eigenvalue weighted by Gasteiger charge is -2.42. The van der Waals surface area contributed by atoms with Crippen molar-refractivity contribution in [1.29, 1.82) is 0 Å². The molecule has 2 aromatic rings. The van der Waals surface area contributed by atoms with Crippen LogP contribution in [0.5, 0.6) is 0 Å². The largest absolute Gasteiger partial charge is 0.456 e. The number of carbonyl (C=O) groups is 1. The summed E-state index contributed by atoms with van der Waals surface area (Å²) >= 11 is 0. The van der Waals surface area contributed by atoms with Crippen LogP contribution in [0.3, 0.4) is 0 Å². The molecule has 2 heterocycles. The molecule has 1 amide bonds. The van der Waals surface area contributed by atoms with Gasteiger partial charge in [0.05, 0.1) is 0 Å². The van der Waals surface area contributed by atoms with Crippen molar-refractivity contribution in [1.82, 2.24) is 10.2 Å². The molecule has 1 aromatic heterocycles. The number of benzene rings is 1. The third-order valence-corrected chi connectivity index (χ3v) is 7.99. The van der Waals surface area contributed by atoms with E-state index in [1.807, 2.05) is 12.1 Å². The van der Waals surface area contributed by atoms with Crippen LogP contribution in [0, 0.1) is 6.92 Å². The molecule has 0 bridgehead atoms. The zero-order valence-corrected chi connectivity index (χ0v) is 20.8. The summed E-state index contributed by atoms with van der Waals surface area (Å²) < 4.78 is 5.96. The van der Waals surface area contributed by atoms with Gasteiger partial charge in [-0.3, -0.25) is 4.79 Å². The molecule has 2 aliphatic rings. The molecule has 1 N–H and O–H groups in total. The number of nitrogens with one attached hydrogen (secondary N) is 1. The second-order valence-electron chi connectivity index (χ2n) is 11.4. The second-order valence-corrected chi connectivity index (χ2v) is 11.4. The smallest absolute Gasteiger partial charge is 0.286 e. The van der Waals surface area contributed by atoms with Crippen molar-refractivity contribution in [2.75, 3.05) is 20.1 Å².